The van der Waals surface area contributed by atoms with E-state index in [0.29, 0.717) is 13.2 Å². The lowest BCUT2D eigenvalue weighted by Crippen LogP contribution is -2.51. The summed E-state index contributed by atoms with van der Waals surface area (Å²) < 4.78 is 29.9. The number of aldehydes is 1. The lowest BCUT2D eigenvalue weighted by Gasteiger charge is -2.32. The molecular formula is C23H26O6. The lowest BCUT2D eigenvalue weighted by atomic mass is 9.97. The highest BCUT2D eigenvalue weighted by Crippen LogP contribution is 2.43. The van der Waals surface area contributed by atoms with E-state index >= 15 is 0 Å². The number of ether oxygens (including phenoxy) is 5. The van der Waals surface area contributed by atoms with Crippen molar-refractivity contribution >= 4 is 6.29 Å². The van der Waals surface area contributed by atoms with Gasteiger partial charge in [0.05, 0.1) is 19.8 Å². The fourth-order valence-electron chi connectivity index (χ4n) is 3.76. The molecule has 6 nitrogen and oxygen atoms in total. The van der Waals surface area contributed by atoms with Gasteiger partial charge >= 0.3 is 0 Å². The van der Waals surface area contributed by atoms with Crippen LogP contribution in [0.4, 0.5) is 0 Å². The zero-order valence-electron chi connectivity index (χ0n) is 16.7. The Bertz CT molecular complexity index is 809. The third kappa shape index (κ3) is 4.42. The van der Waals surface area contributed by atoms with Crippen LogP contribution in [0.1, 0.15) is 25.0 Å². The van der Waals surface area contributed by atoms with Crippen LogP contribution in [0.2, 0.25) is 0 Å². The zero-order valence-corrected chi connectivity index (χ0v) is 16.7. The minimum Gasteiger partial charge on any atom is -0.373 e. The predicted molar refractivity (Wildman–Crippen MR) is 105 cm³/mol. The number of fused-ring (bicyclic) bond motifs is 1. The molecule has 0 radical (unpaired) electrons. The van der Waals surface area contributed by atoms with Gasteiger partial charge in [-0.3, -0.25) is 4.79 Å². The van der Waals surface area contributed by atoms with Gasteiger partial charge in [0.15, 0.2) is 24.0 Å². The number of hydrogen-bond acceptors (Lipinski definition) is 6. The van der Waals surface area contributed by atoms with E-state index < -0.39 is 29.9 Å². The smallest absolute Gasteiger partial charge is 0.191 e. The molecule has 2 fully saturated rings. The molecule has 0 spiro atoms. The number of rotatable bonds is 8. The van der Waals surface area contributed by atoms with Crippen LogP contribution in [-0.2, 0) is 41.7 Å². The van der Waals surface area contributed by atoms with Crippen molar-refractivity contribution < 1.29 is 28.5 Å². The molecule has 1 unspecified atom stereocenters. The van der Waals surface area contributed by atoms with Gasteiger partial charge in [-0.05, 0) is 25.0 Å². The van der Waals surface area contributed by atoms with E-state index in [-0.39, 0.29) is 6.61 Å². The summed E-state index contributed by atoms with van der Waals surface area (Å²) in [7, 11) is 0. The largest absolute Gasteiger partial charge is 0.373 e. The molecule has 0 saturated carbocycles. The van der Waals surface area contributed by atoms with Gasteiger partial charge in [-0.15, -0.1) is 0 Å². The Labute approximate surface area is 170 Å². The summed E-state index contributed by atoms with van der Waals surface area (Å²) in [4.78, 5) is 12.2. The fraction of sp³-hybridized carbons (Fsp3) is 0.435. The van der Waals surface area contributed by atoms with E-state index in [0.717, 1.165) is 17.4 Å². The molecular weight excluding hydrogens is 372 g/mol. The summed E-state index contributed by atoms with van der Waals surface area (Å²) >= 11 is 0. The van der Waals surface area contributed by atoms with Crippen molar-refractivity contribution in [3.63, 3.8) is 0 Å². The minimum atomic E-state index is -1.30. The van der Waals surface area contributed by atoms with Crippen molar-refractivity contribution in [2.45, 2.75) is 56.9 Å². The first kappa shape index (κ1) is 20.2. The average Bonchev–Trinajstić information content (AvgIpc) is 3.17. The number of benzene rings is 2. The van der Waals surface area contributed by atoms with Crippen molar-refractivity contribution in [1.29, 1.82) is 0 Å². The molecule has 0 amide bonds. The minimum absolute atomic E-state index is 0.0466. The Kier molecular flexibility index (Phi) is 5.81. The van der Waals surface area contributed by atoms with E-state index in [4.69, 9.17) is 23.7 Å². The molecule has 2 aromatic carbocycles. The van der Waals surface area contributed by atoms with Gasteiger partial charge in [-0.1, -0.05) is 60.7 Å². The molecule has 0 aromatic heterocycles. The summed E-state index contributed by atoms with van der Waals surface area (Å²) in [5, 5.41) is 0. The molecule has 4 rings (SSSR count). The fourth-order valence-corrected chi connectivity index (χ4v) is 3.76. The topological polar surface area (TPSA) is 63.2 Å². The Morgan fingerprint density at radius 1 is 0.897 bits per heavy atom. The van der Waals surface area contributed by atoms with Gasteiger partial charge in [-0.2, -0.15) is 0 Å². The van der Waals surface area contributed by atoms with Crippen LogP contribution in [0.3, 0.4) is 0 Å². The molecule has 0 aliphatic carbocycles. The van der Waals surface area contributed by atoms with Gasteiger partial charge in [0.25, 0.3) is 0 Å². The third-order valence-corrected chi connectivity index (χ3v) is 5.11. The quantitative estimate of drug-likeness (QED) is 0.636. The van der Waals surface area contributed by atoms with E-state index in [1.54, 1.807) is 0 Å². The molecule has 2 aromatic rings. The van der Waals surface area contributed by atoms with Crippen LogP contribution >= 0.6 is 0 Å². The van der Waals surface area contributed by atoms with Crippen LogP contribution in [0, 0.1) is 0 Å². The maximum absolute atomic E-state index is 12.2. The van der Waals surface area contributed by atoms with Gasteiger partial charge in [0.2, 0.25) is 0 Å². The van der Waals surface area contributed by atoms with Crippen molar-refractivity contribution in [2.24, 2.45) is 0 Å². The highest BCUT2D eigenvalue weighted by molar-refractivity contribution is 5.65. The van der Waals surface area contributed by atoms with Gasteiger partial charge in [-0.25, -0.2) is 0 Å². The first-order chi connectivity index (χ1) is 14.0. The molecule has 2 saturated heterocycles. The van der Waals surface area contributed by atoms with Crippen molar-refractivity contribution in [2.75, 3.05) is 6.61 Å². The molecule has 2 aliphatic heterocycles. The second-order valence-corrected chi connectivity index (χ2v) is 7.85. The highest BCUT2D eigenvalue weighted by Gasteiger charge is 2.63. The molecule has 0 bridgehead atoms. The van der Waals surface area contributed by atoms with Crippen molar-refractivity contribution in [1.82, 2.24) is 0 Å². The van der Waals surface area contributed by atoms with E-state index in [9.17, 15) is 4.79 Å². The Morgan fingerprint density at radius 3 is 2.14 bits per heavy atom. The molecule has 154 valence electrons. The normalized spacial score (nSPS) is 30.2. The van der Waals surface area contributed by atoms with Crippen LogP contribution in [0.25, 0.3) is 0 Å². The summed E-state index contributed by atoms with van der Waals surface area (Å²) in [5.74, 6) is -0.802. The number of carbonyl (C=O) groups excluding carboxylic acids is 1. The first-order valence-corrected chi connectivity index (χ1v) is 9.78. The summed E-state index contributed by atoms with van der Waals surface area (Å²) in [6, 6.07) is 19.5. The summed E-state index contributed by atoms with van der Waals surface area (Å²) in [5.41, 5.74) is 0.719. The molecule has 6 heteroatoms. The summed E-state index contributed by atoms with van der Waals surface area (Å²) in [6.07, 6.45) is -1.09. The number of hydrogen-bond donors (Lipinski definition) is 0. The van der Waals surface area contributed by atoms with Crippen LogP contribution < -0.4 is 0 Å². The van der Waals surface area contributed by atoms with E-state index in [1.807, 2.05) is 74.5 Å². The number of carbonyl (C=O) groups is 1. The standard InChI is InChI=1S/C23H26O6/c1-22(2)27-19-20(26-14-18-11-7-4-8-12-18)23(15-24,29-21(19)28-22)16-25-13-17-9-5-3-6-10-17/h3-12,15,19-21H,13-14,16H2,1-2H3/t19?,20-,21+,23-/m1/s1. The lowest BCUT2D eigenvalue weighted by molar-refractivity contribution is -0.246. The zero-order chi connectivity index (χ0) is 20.3. The highest BCUT2D eigenvalue weighted by atomic mass is 16.8. The van der Waals surface area contributed by atoms with Crippen LogP contribution in [0.5, 0.6) is 0 Å². The first-order valence-electron chi connectivity index (χ1n) is 9.78. The SMILES string of the molecule is CC1(C)OC2[C@@H](O1)O[C@](C=O)(COCc1ccccc1)[C@@H]2OCc1ccccc1. The second-order valence-electron chi connectivity index (χ2n) is 7.85. The van der Waals surface area contributed by atoms with Crippen molar-refractivity contribution in [3.05, 3.63) is 71.8 Å². The van der Waals surface area contributed by atoms with Crippen LogP contribution in [0.15, 0.2) is 60.7 Å². The van der Waals surface area contributed by atoms with Crippen molar-refractivity contribution in [3.8, 4) is 0 Å². The molecule has 4 atom stereocenters. The molecule has 0 N–H and O–H groups in total. The van der Waals surface area contributed by atoms with Gasteiger partial charge < -0.3 is 23.7 Å². The Morgan fingerprint density at radius 2 is 1.52 bits per heavy atom. The summed E-state index contributed by atoms with van der Waals surface area (Å²) in [6.45, 7) is 4.38. The average molecular weight is 398 g/mol. The maximum Gasteiger partial charge on any atom is 0.191 e. The third-order valence-electron chi connectivity index (χ3n) is 5.11. The van der Waals surface area contributed by atoms with Crippen LogP contribution in [-0.4, -0.2) is 42.8 Å². The molecule has 29 heavy (non-hydrogen) atoms. The van der Waals surface area contributed by atoms with E-state index in [2.05, 4.69) is 0 Å². The monoisotopic (exact) mass is 398 g/mol. The predicted octanol–water partition coefficient (Wildman–Crippen LogP) is 3.23. The Hall–Kier alpha value is -2.09. The van der Waals surface area contributed by atoms with Gasteiger partial charge in [0, 0.05) is 0 Å². The molecule has 2 aliphatic rings. The van der Waals surface area contributed by atoms with Gasteiger partial charge in [0.1, 0.15) is 12.2 Å². The van der Waals surface area contributed by atoms with E-state index in [1.165, 1.54) is 0 Å². The molecule has 2 heterocycles. The Balaban J connectivity index is 1.49. The second kappa shape index (κ2) is 8.34. The maximum atomic E-state index is 12.2.